The smallest absolute Gasteiger partial charge is 0.123 e. The van der Waals surface area contributed by atoms with Crippen LogP contribution in [0.25, 0.3) is 42.0 Å². The van der Waals surface area contributed by atoms with E-state index in [1.807, 2.05) is 23.9 Å². The molecular weight excluding hydrogens is 795 g/mol. The number of fused-ring (bicyclic) bond motifs is 4. The van der Waals surface area contributed by atoms with E-state index in [9.17, 15) is 19.0 Å². The fourth-order valence-corrected chi connectivity index (χ4v) is 10.7. The number of piperazine rings is 2. The fourth-order valence-electron chi connectivity index (χ4n) is 8.73. The average molecular weight is 845 g/mol. The van der Waals surface area contributed by atoms with Gasteiger partial charge in [0.25, 0.3) is 0 Å². The quantitative estimate of drug-likeness (QED) is 0.127. The van der Waals surface area contributed by atoms with Crippen molar-refractivity contribution in [2.45, 2.75) is 32.0 Å². The molecule has 310 valence electrons. The molecule has 60 heavy (non-hydrogen) atoms. The summed E-state index contributed by atoms with van der Waals surface area (Å²) in [5.41, 5.74) is 7.46. The van der Waals surface area contributed by atoms with Crippen LogP contribution in [0, 0.1) is 18.6 Å². The van der Waals surface area contributed by atoms with Crippen molar-refractivity contribution in [3.8, 4) is 0 Å². The van der Waals surface area contributed by atoms with Crippen molar-refractivity contribution >= 4 is 76.0 Å². The summed E-state index contributed by atoms with van der Waals surface area (Å²) in [6.07, 6.45) is 2.18. The second-order valence-electron chi connectivity index (χ2n) is 15.9. The lowest BCUT2D eigenvalue weighted by Gasteiger charge is -2.36. The highest BCUT2D eigenvalue weighted by Crippen LogP contribution is 2.35. The number of aromatic amines is 1. The number of hydrogen-bond donors (Lipinski definition) is 3. The first kappa shape index (κ1) is 40.5. The number of H-pyrrole nitrogens is 1. The van der Waals surface area contributed by atoms with Crippen LogP contribution in [-0.2, 0) is 0 Å². The highest BCUT2D eigenvalue weighted by atomic mass is 32.1. The van der Waals surface area contributed by atoms with Gasteiger partial charge in [0.2, 0.25) is 0 Å². The SMILES string of the molecule is Cc1ccc2cccc(N3CCN(CCC(O)c4csc5ccc(F)cc45)CC3)c2n1.OC(CCN1CCN(c2cccc3[nH]ccc23)CC1)c1csc2ccc(F)cc12. The zero-order chi connectivity index (χ0) is 41.2. The Labute approximate surface area is 356 Å². The molecule has 3 N–H and O–H groups in total. The van der Waals surface area contributed by atoms with Gasteiger partial charge in [-0.2, -0.15) is 0 Å². The Hall–Kier alpha value is -4.95. The van der Waals surface area contributed by atoms with Gasteiger partial charge in [0.05, 0.1) is 23.4 Å². The largest absolute Gasteiger partial charge is 0.388 e. The van der Waals surface area contributed by atoms with Crippen molar-refractivity contribution in [2.75, 3.05) is 75.2 Å². The molecule has 0 radical (unpaired) electrons. The molecule has 6 heterocycles. The van der Waals surface area contributed by atoms with E-state index < -0.39 is 12.2 Å². The van der Waals surface area contributed by atoms with Gasteiger partial charge >= 0.3 is 0 Å². The molecule has 2 unspecified atom stereocenters. The summed E-state index contributed by atoms with van der Waals surface area (Å²) >= 11 is 3.12. The Morgan fingerprint density at radius 2 is 1.18 bits per heavy atom. The summed E-state index contributed by atoms with van der Waals surface area (Å²) in [7, 11) is 0. The van der Waals surface area contributed by atoms with Gasteiger partial charge in [-0.15, -0.1) is 22.7 Å². The van der Waals surface area contributed by atoms with Crippen LogP contribution >= 0.6 is 22.7 Å². The van der Waals surface area contributed by atoms with Gasteiger partial charge in [-0.1, -0.05) is 24.3 Å². The molecule has 4 aromatic carbocycles. The molecule has 4 aromatic heterocycles. The maximum Gasteiger partial charge on any atom is 0.123 e. The number of nitrogens with zero attached hydrogens (tertiary/aromatic N) is 5. The van der Waals surface area contributed by atoms with Gasteiger partial charge in [0, 0.05) is 119 Å². The number of rotatable bonds is 10. The van der Waals surface area contributed by atoms with Crippen molar-refractivity contribution in [1.29, 1.82) is 0 Å². The molecule has 10 rings (SSSR count). The molecule has 2 saturated heterocycles. The second kappa shape index (κ2) is 18.0. The lowest BCUT2D eigenvalue weighted by molar-refractivity contribution is 0.140. The lowest BCUT2D eigenvalue weighted by atomic mass is 10.0. The number of aliphatic hydroxyl groups is 2. The van der Waals surface area contributed by atoms with E-state index in [1.165, 1.54) is 51.9 Å². The van der Waals surface area contributed by atoms with Gasteiger partial charge in [-0.05, 0) is 108 Å². The molecule has 0 amide bonds. The van der Waals surface area contributed by atoms with E-state index in [4.69, 9.17) is 4.98 Å². The number of pyridine rings is 1. The van der Waals surface area contributed by atoms with E-state index in [-0.39, 0.29) is 11.6 Å². The molecule has 8 nitrogen and oxygen atoms in total. The van der Waals surface area contributed by atoms with Crippen LogP contribution < -0.4 is 9.80 Å². The molecule has 2 atom stereocenters. The molecular formula is C48H50F2N6O2S2. The minimum Gasteiger partial charge on any atom is -0.388 e. The third-order valence-corrected chi connectivity index (χ3v) is 14.1. The van der Waals surface area contributed by atoms with Crippen LogP contribution in [0.3, 0.4) is 0 Å². The first-order valence-electron chi connectivity index (χ1n) is 20.8. The zero-order valence-corrected chi connectivity index (χ0v) is 35.4. The molecule has 2 aliphatic rings. The second-order valence-corrected chi connectivity index (χ2v) is 17.8. The number of hydrogen-bond acceptors (Lipinski definition) is 9. The number of halogens is 2. The van der Waals surface area contributed by atoms with Crippen LogP contribution in [-0.4, -0.2) is 95.4 Å². The summed E-state index contributed by atoms with van der Waals surface area (Å²) < 4.78 is 29.3. The van der Waals surface area contributed by atoms with Crippen molar-refractivity contribution < 1.29 is 19.0 Å². The van der Waals surface area contributed by atoms with Gasteiger partial charge in [0.15, 0.2) is 0 Å². The predicted octanol–water partition coefficient (Wildman–Crippen LogP) is 9.91. The van der Waals surface area contributed by atoms with Gasteiger partial charge in [-0.3, -0.25) is 14.8 Å². The molecule has 0 bridgehead atoms. The maximum atomic E-state index is 13.6. The summed E-state index contributed by atoms with van der Waals surface area (Å²) in [5.74, 6) is -0.508. The average Bonchev–Trinajstić information content (AvgIpc) is 4.04. The van der Waals surface area contributed by atoms with Crippen LogP contribution in [0.2, 0.25) is 0 Å². The number of aromatic nitrogens is 2. The Balaban J connectivity index is 0.000000154. The molecule has 2 fully saturated rings. The zero-order valence-electron chi connectivity index (χ0n) is 33.7. The van der Waals surface area contributed by atoms with Gasteiger partial charge < -0.3 is 25.0 Å². The number of nitrogens with one attached hydrogen (secondary N) is 1. The number of anilines is 2. The third-order valence-electron chi connectivity index (χ3n) is 12.1. The first-order valence-corrected chi connectivity index (χ1v) is 22.6. The summed E-state index contributed by atoms with van der Waals surface area (Å²) in [6, 6.07) is 28.7. The van der Waals surface area contributed by atoms with Crippen molar-refractivity contribution in [3.63, 3.8) is 0 Å². The fraction of sp³-hybridized carbons (Fsp3) is 0.312. The van der Waals surface area contributed by atoms with E-state index in [0.29, 0.717) is 12.8 Å². The number of para-hydroxylation sites is 1. The van der Waals surface area contributed by atoms with Crippen molar-refractivity contribution in [1.82, 2.24) is 19.8 Å². The number of aryl methyl sites for hydroxylation is 1. The van der Waals surface area contributed by atoms with Crippen LogP contribution in [0.5, 0.6) is 0 Å². The Kier molecular flexibility index (Phi) is 12.1. The van der Waals surface area contributed by atoms with Gasteiger partial charge in [0.1, 0.15) is 11.6 Å². The van der Waals surface area contributed by atoms with Crippen molar-refractivity contribution in [3.05, 3.63) is 136 Å². The van der Waals surface area contributed by atoms with E-state index in [1.54, 1.807) is 34.8 Å². The Morgan fingerprint density at radius 1 is 0.633 bits per heavy atom. The lowest BCUT2D eigenvalue weighted by Crippen LogP contribution is -2.46. The summed E-state index contributed by atoms with van der Waals surface area (Å²) in [4.78, 5) is 17.7. The monoisotopic (exact) mass is 844 g/mol. The minimum absolute atomic E-state index is 0.252. The summed E-state index contributed by atoms with van der Waals surface area (Å²) in [5, 5.41) is 29.5. The van der Waals surface area contributed by atoms with Crippen molar-refractivity contribution in [2.24, 2.45) is 0 Å². The molecule has 0 saturated carbocycles. The Morgan fingerprint density at radius 3 is 1.78 bits per heavy atom. The van der Waals surface area contributed by atoms with E-state index >= 15 is 0 Å². The predicted molar refractivity (Wildman–Crippen MR) is 245 cm³/mol. The molecule has 0 aliphatic carbocycles. The topological polar surface area (TPSA) is 82.1 Å². The summed E-state index contributed by atoms with van der Waals surface area (Å²) in [6.45, 7) is 11.4. The minimum atomic E-state index is -0.571. The van der Waals surface area contributed by atoms with Crippen LogP contribution in [0.4, 0.5) is 20.2 Å². The highest BCUT2D eigenvalue weighted by Gasteiger charge is 2.23. The van der Waals surface area contributed by atoms with Crippen LogP contribution in [0.15, 0.2) is 108 Å². The highest BCUT2D eigenvalue weighted by molar-refractivity contribution is 7.17. The molecule has 8 aromatic rings. The maximum absolute atomic E-state index is 13.6. The first-order chi connectivity index (χ1) is 29.3. The number of aliphatic hydroxyl groups excluding tert-OH is 2. The third kappa shape index (κ3) is 8.77. The standard InChI is InChI=1S/C25H26FN3OS.C23H24FN3OS/c1-17-5-6-18-3-2-4-22(25(18)27-17)29-13-11-28(12-14-29)10-9-23(30)21-16-31-24-8-7-19(26)15-20(21)24;24-16-4-5-23-18(14-16)19(15-29-23)22(28)7-9-26-10-12-27(13-11-26)21-3-1-2-20-17(21)6-8-25-20/h2-8,15-16,23,30H,9-14H2,1H3;1-6,8,14-15,22,25,28H,7,9-13H2. The van der Waals surface area contributed by atoms with Gasteiger partial charge in [-0.25, -0.2) is 8.78 Å². The van der Waals surface area contributed by atoms with E-state index in [0.717, 1.165) is 108 Å². The van der Waals surface area contributed by atoms with E-state index in [2.05, 4.69) is 79.2 Å². The Bertz CT molecular complexity index is 2720. The normalized spacial score (nSPS) is 16.5. The molecule has 12 heteroatoms. The van der Waals surface area contributed by atoms with Crippen LogP contribution in [0.1, 0.15) is 41.9 Å². The molecule has 0 spiro atoms. The number of benzene rings is 4. The number of thiophene rings is 2. The molecule has 2 aliphatic heterocycles.